The monoisotopic (exact) mass is 378 g/mol. The van der Waals surface area contributed by atoms with E-state index in [1.165, 1.54) is 11.3 Å². The van der Waals surface area contributed by atoms with Crippen molar-refractivity contribution in [1.82, 2.24) is 14.4 Å². The number of thiazole rings is 1. The molecule has 0 bridgehead atoms. The summed E-state index contributed by atoms with van der Waals surface area (Å²) in [6, 6.07) is 13.8. The Morgan fingerprint density at radius 2 is 2.00 bits per heavy atom. The van der Waals surface area contributed by atoms with Crippen LogP contribution in [0.2, 0.25) is 0 Å². The molecule has 6 nitrogen and oxygen atoms in total. The van der Waals surface area contributed by atoms with Crippen molar-refractivity contribution < 1.29 is 9.53 Å². The van der Waals surface area contributed by atoms with E-state index in [-0.39, 0.29) is 5.91 Å². The number of fused-ring (bicyclic) bond motifs is 1. The van der Waals surface area contributed by atoms with E-state index >= 15 is 0 Å². The number of nitrogens with one attached hydrogen (secondary N) is 1. The maximum absolute atomic E-state index is 12.8. The van der Waals surface area contributed by atoms with Crippen LogP contribution in [-0.2, 0) is 11.3 Å². The lowest BCUT2D eigenvalue weighted by atomic mass is 10.1. The lowest BCUT2D eigenvalue weighted by Gasteiger charge is -2.07. The van der Waals surface area contributed by atoms with Gasteiger partial charge >= 0.3 is 0 Å². The molecule has 1 amide bonds. The lowest BCUT2D eigenvalue weighted by molar-refractivity contribution is 0.102. The summed E-state index contributed by atoms with van der Waals surface area (Å²) in [6.45, 7) is 2.39. The van der Waals surface area contributed by atoms with Gasteiger partial charge in [-0.25, -0.2) is 9.97 Å². The SMILES string of the molecule is COCc1nc(C(=O)Nc2c(-c3ccccc3)nc3c(C)cccn23)cs1. The molecule has 1 aromatic carbocycles. The zero-order chi connectivity index (χ0) is 18.8. The number of pyridine rings is 1. The second kappa shape index (κ2) is 7.30. The molecule has 0 spiro atoms. The molecular weight excluding hydrogens is 360 g/mol. The predicted molar refractivity (Wildman–Crippen MR) is 106 cm³/mol. The van der Waals surface area contributed by atoms with E-state index in [4.69, 9.17) is 9.72 Å². The van der Waals surface area contributed by atoms with Crippen LogP contribution in [0, 0.1) is 6.92 Å². The number of carbonyl (C=O) groups is 1. The molecule has 136 valence electrons. The summed E-state index contributed by atoms with van der Waals surface area (Å²) in [4.78, 5) is 21.9. The standard InChI is InChI=1S/C20H18N4O2S/c1-13-7-6-10-24-18(13)22-17(14-8-4-3-5-9-14)19(24)23-20(25)15-12-27-16(21-15)11-26-2/h3-10,12H,11H2,1-2H3,(H,23,25). The third-order valence-corrected chi connectivity index (χ3v) is 5.00. The second-order valence-electron chi connectivity index (χ2n) is 6.07. The summed E-state index contributed by atoms with van der Waals surface area (Å²) in [7, 11) is 1.61. The zero-order valence-corrected chi connectivity index (χ0v) is 15.8. The minimum atomic E-state index is -0.269. The lowest BCUT2D eigenvalue weighted by Crippen LogP contribution is -2.14. The third-order valence-electron chi connectivity index (χ3n) is 4.18. The summed E-state index contributed by atoms with van der Waals surface area (Å²) in [5, 5.41) is 5.50. The molecule has 4 rings (SSSR count). The van der Waals surface area contributed by atoms with Gasteiger partial charge in [0.15, 0.2) is 0 Å². The van der Waals surface area contributed by atoms with Crippen molar-refractivity contribution in [3.63, 3.8) is 0 Å². The van der Waals surface area contributed by atoms with Gasteiger partial charge in [0, 0.05) is 24.3 Å². The highest BCUT2D eigenvalue weighted by molar-refractivity contribution is 7.09. The van der Waals surface area contributed by atoms with Crippen molar-refractivity contribution in [2.45, 2.75) is 13.5 Å². The number of imidazole rings is 1. The first kappa shape index (κ1) is 17.4. The Labute approximate surface area is 160 Å². The van der Waals surface area contributed by atoms with Crippen molar-refractivity contribution in [2.75, 3.05) is 12.4 Å². The van der Waals surface area contributed by atoms with E-state index in [2.05, 4.69) is 10.3 Å². The van der Waals surface area contributed by atoms with Gasteiger partial charge in [-0.15, -0.1) is 11.3 Å². The largest absolute Gasteiger partial charge is 0.378 e. The molecule has 27 heavy (non-hydrogen) atoms. The molecular formula is C20H18N4O2S. The number of anilines is 1. The van der Waals surface area contributed by atoms with Crippen LogP contribution in [0.5, 0.6) is 0 Å². The number of hydrogen-bond donors (Lipinski definition) is 1. The van der Waals surface area contributed by atoms with Crippen LogP contribution in [0.4, 0.5) is 5.82 Å². The highest BCUT2D eigenvalue weighted by Crippen LogP contribution is 2.30. The molecule has 0 radical (unpaired) electrons. The van der Waals surface area contributed by atoms with Gasteiger partial charge in [0.05, 0.1) is 6.61 Å². The first-order valence-corrected chi connectivity index (χ1v) is 9.33. The minimum absolute atomic E-state index is 0.269. The van der Waals surface area contributed by atoms with E-state index in [0.717, 1.165) is 27.5 Å². The molecule has 4 aromatic rings. The van der Waals surface area contributed by atoms with E-state index in [1.807, 2.05) is 60.0 Å². The Balaban J connectivity index is 1.77. The molecule has 0 aliphatic heterocycles. The number of ether oxygens (including phenoxy) is 1. The fourth-order valence-corrected chi connectivity index (χ4v) is 3.64. The average molecular weight is 378 g/mol. The zero-order valence-electron chi connectivity index (χ0n) is 15.0. The number of rotatable bonds is 5. The molecule has 0 unspecified atom stereocenters. The van der Waals surface area contributed by atoms with Gasteiger partial charge in [-0.3, -0.25) is 9.20 Å². The third kappa shape index (κ3) is 3.34. The van der Waals surface area contributed by atoms with Crippen molar-refractivity contribution >= 4 is 28.7 Å². The van der Waals surface area contributed by atoms with Crippen LogP contribution in [-0.4, -0.2) is 27.4 Å². The average Bonchev–Trinajstić information content (AvgIpc) is 3.29. The fourth-order valence-electron chi connectivity index (χ4n) is 2.90. The topological polar surface area (TPSA) is 68.5 Å². The minimum Gasteiger partial charge on any atom is -0.378 e. The molecule has 3 aromatic heterocycles. The summed E-state index contributed by atoms with van der Waals surface area (Å²) < 4.78 is 6.98. The number of carbonyl (C=O) groups excluding carboxylic acids is 1. The number of aromatic nitrogens is 3. The highest BCUT2D eigenvalue weighted by atomic mass is 32.1. The molecule has 0 fully saturated rings. The fraction of sp³-hybridized carbons (Fsp3) is 0.150. The Morgan fingerprint density at radius 1 is 1.19 bits per heavy atom. The quantitative estimate of drug-likeness (QED) is 0.566. The Bertz CT molecular complexity index is 1100. The summed E-state index contributed by atoms with van der Waals surface area (Å²) in [5.74, 6) is 0.361. The van der Waals surface area contributed by atoms with E-state index in [0.29, 0.717) is 18.1 Å². The predicted octanol–water partition coefficient (Wildman–Crippen LogP) is 4.16. The first-order valence-electron chi connectivity index (χ1n) is 8.45. The number of aryl methyl sites for hydroxylation is 1. The molecule has 0 aliphatic rings. The van der Waals surface area contributed by atoms with E-state index in [9.17, 15) is 4.79 Å². The number of benzene rings is 1. The van der Waals surface area contributed by atoms with Crippen LogP contribution < -0.4 is 5.32 Å². The second-order valence-corrected chi connectivity index (χ2v) is 7.02. The molecule has 0 saturated carbocycles. The van der Waals surface area contributed by atoms with E-state index < -0.39 is 0 Å². The molecule has 7 heteroatoms. The van der Waals surface area contributed by atoms with Crippen molar-refractivity contribution in [3.8, 4) is 11.3 Å². The maximum Gasteiger partial charge on any atom is 0.276 e. The number of nitrogens with zero attached hydrogens (tertiary/aromatic N) is 3. The Hall–Kier alpha value is -3.03. The smallest absolute Gasteiger partial charge is 0.276 e. The van der Waals surface area contributed by atoms with Crippen molar-refractivity contribution in [2.24, 2.45) is 0 Å². The Morgan fingerprint density at radius 3 is 2.78 bits per heavy atom. The van der Waals surface area contributed by atoms with Gasteiger partial charge in [-0.2, -0.15) is 0 Å². The number of methoxy groups -OCH3 is 1. The van der Waals surface area contributed by atoms with Crippen LogP contribution in [0.1, 0.15) is 21.1 Å². The molecule has 0 aliphatic carbocycles. The van der Waals surface area contributed by atoms with Crippen LogP contribution in [0.25, 0.3) is 16.9 Å². The first-order chi connectivity index (χ1) is 13.2. The summed E-state index contributed by atoms with van der Waals surface area (Å²) >= 11 is 1.40. The van der Waals surface area contributed by atoms with Crippen molar-refractivity contribution in [3.05, 3.63) is 70.3 Å². The van der Waals surface area contributed by atoms with Gasteiger partial charge < -0.3 is 10.1 Å². The molecule has 3 heterocycles. The summed E-state index contributed by atoms with van der Waals surface area (Å²) in [6.07, 6.45) is 1.90. The normalized spacial score (nSPS) is 11.0. The van der Waals surface area contributed by atoms with Gasteiger partial charge in [0.2, 0.25) is 0 Å². The molecule has 0 atom stereocenters. The number of hydrogen-bond acceptors (Lipinski definition) is 5. The maximum atomic E-state index is 12.8. The van der Waals surface area contributed by atoms with Gasteiger partial charge in [0.1, 0.15) is 27.9 Å². The van der Waals surface area contributed by atoms with Crippen LogP contribution >= 0.6 is 11.3 Å². The number of amides is 1. The molecule has 0 saturated heterocycles. The van der Waals surface area contributed by atoms with Crippen LogP contribution in [0.3, 0.4) is 0 Å². The van der Waals surface area contributed by atoms with E-state index in [1.54, 1.807) is 12.5 Å². The highest BCUT2D eigenvalue weighted by Gasteiger charge is 2.19. The van der Waals surface area contributed by atoms with Gasteiger partial charge in [-0.1, -0.05) is 36.4 Å². The Kier molecular flexibility index (Phi) is 4.70. The van der Waals surface area contributed by atoms with Gasteiger partial charge in [0.25, 0.3) is 5.91 Å². The van der Waals surface area contributed by atoms with Gasteiger partial charge in [-0.05, 0) is 18.6 Å². The van der Waals surface area contributed by atoms with Crippen molar-refractivity contribution in [1.29, 1.82) is 0 Å². The summed E-state index contributed by atoms with van der Waals surface area (Å²) in [5.41, 5.74) is 3.88. The molecule has 1 N–H and O–H groups in total. The van der Waals surface area contributed by atoms with Crippen LogP contribution in [0.15, 0.2) is 54.0 Å².